The minimum Gasteiger partial charge on any atom is -0.373 e. The van der Waals surface area contributed by atoms with E-state index in [0.29, 0.717) is 13.2 Å². The molecule has 3 nitrogen and oxygen atoms in total. The zero-order valence-corrected chi connectivity index (χ0v) is 10.8. The lowest BCUT2D eigenvalue weighted by Crippen LogP contribution is -2.27. The molecule has 0 aliphatic heterocycles. The van der Waals surface area contributed by atoms with Crippen LogP contribution in [0.1, 0.15) is 41.5 Å². The Labute approximate surface area is 93.1 Å². The SMILES string of the molecule is CC(C)(C)OCCOCC(=O)C(C)(C)C. The summed E-state index contributed by atoms with van der Waals surface area (Å²) in [5.74, 6) is 0.123. The van der Waals surface area contributed by atoms with Crippen molar-refractivity contribution in [3.05, 3.63) is 0 Å². The van der Waals surface area contributed by atoms with Gasteiger partial charge in [-0.15, -0.1) is 0 Å². The van der Waals surface area contributed by atoms with Gasteiger partial charge in [-0.05, 0) is 20.8 Å². The number of hydrogen-bond acceptors (Lipinski definition) is 3. The zero-order chi connectivity index (χ0) is 12.1. The summed E-state index contributed by atoms with van der Waals surface area (Å²) in [5, 5.41) is 0. The minimum atomic E-state index is -0.315. The van der Waals surface area contributed by atoms with E-state index in [1.165, 1.54) is 0 Å². The Kier molecular flexibility index (Phi) is 5.46. The minimum absolute atomic E-state index is 0.123. The lowest BCUT2D eigenvalue weighted by atomic mass is 9.91. The highest BCUT2D eigenvalue weighted by atomic mass is 16.5. The van der Waals surface area contributed by atoms with Gasteiger partial charge in [-0.3, -0.25) is 4.79 Å². The van der Waals surface area contributed by atoms with Crippen LogP contribution in [0.15, 0.2) is 0 Å². The van der Waals surface area contributed by atoms with Crippen LogP contribution in [0.4, 0.5) is 0 Å². The fraction of sp³-hybridized carbons (Fsp3) is 0.917. The molecule has 0 saturated carbocycles. The second kappa shape index (κ2) is 5.61. The Morgan fingerprint density at radius 1 is 1.00 bits per heavy atom. The van der Waals surface area contributed by atoms with E-state index < -0.39 is 0 Å². The fourth-order valence-electron chi connectivity index (χ4n) is 0.788. The molecule has 0 unspecified atom stereocenters. The van der Waals surface area contributed by atoms with Crippen molar-refractivity contribution in [1.82, 2.24) is 0 Å². The van der Waals surface area contributed by atoms with Gasteiger partial charge in [0.25, 0.3) is 0 Å². The monoisotopic (exact) mass is 216 g/mol. The van der Waals surface area contributed by atoms with E-state index >= 15 is 0 Å². The van der Waals surface area contributed by atoms with Gasteiger partial charge in [0.15, 0.2) is 5.78 Å². The molecule has 90 valence electrons. The molecule has 15 heavy (non-hydrogen) atoms. The normalized spacial score (nSPS) is 12.9. The molecule has 0 radical (unpaired) electrons. The average Bonchev–Trinajstić information content (AvgIpc) is 1.99. The molecule has 0 bridgehead atoms. The first-order valence-electron chi connectivity index (χ1n) is 5.38. The van der Waals surface area contributed by atoms with E-state index in [0.717, 1.165) is 0 Å². The molecule has 0 heterocycles. The fourth-order valence-corrected chi connectivity index (χ4v) is 0.788. The number of hydrogen-bond donors (Lipinski definition) is 0. The van der Waals surface area contributed by atoms with Gasteiger partial charge in [-0.1, -0.05) is 20.8 Å². The van der Waals surface area contributed by atoms with Crippen LogP contribution >= 0.6 is 0 Å². The van der Waals surface area contributed by atoms with Crippen molar-refractivity contribution >= 4 is 5.78 Å². The van der Waals surface area contributed by atoms with Crippen molar-refractivity contribution in [3.63, 3.8) is 0 Å². The van der Waals surface area contributed by atoms with Crippen LogP contribution in [-0.4, -0.2) is 31.2 Å². The Morgan fingerprint density at radius 2 is 1.53 bits per heavy atom. The van der Waals surface area contributed by atoms with Gasteiger partial charge < -0.3 is 9.47 Å². The summed E-state index contributed by atoms with van der Waals surface area (Å²) in [6.45, 7) is 12.8. The lowest BCUT2D eigenvalue weighted by molar-refractivity contribution is -0.132. The van der Waals surface area contributed by atoms with Crippen LogP contribution in [0.25, 0.3) is 0 Å². The highest BCUT2D eigenvalue weighted by Gasteiger charge is 2.20. The predicted molar refractivity (Wildman–Crippen MR) is 61.0 cm³/mol. The third-order valence-corrected chi connectivity index (χ3v) is 1.83. The summed E-state index contributed by atoms with van der Waals surface area (Å²) < 4.78 is 10.7. The summed E-state index contributed by atoms with van der Waals surface area (Å²) in [6.07, 6.45) is 0. The lowest BCUT2D eigenvalue weighted by Gasteiger charge is -2.20. The maximum absolute atomic E-state index is 11.5. The highest BCUT2D eigenvalue weighted by Crippen LogP contribution is 2.14. The van der Waals surface area contributed by atoms with Crippen molar-refractivity contribution in [2.24, 2.45) is 5.41 Å². The molecule has 0 N–H and O–H groups in total. The Hall–Kier alpha value is -0.410. The van der Waals surface area contributed by atoms with Gasteiger partial charge in [-0.2, -0.15) is 0 Å². The van der Waals surface area contributed by atoms with Crippen molar-refractivity contribution in [3.8, 4) is 0 Å². The third-order valence-electron chi connectivity index (χ3n) is 1.83. The largest absolute Gasteiger partial charge is 0.373 e. The van der Waals surface area contributed by atoms with E-state index in [1.54, 1.807) is 0 Å². The topological polar surface area (TPSA) is 35.5 Å². The van der Waals surface area contributed by atoms with E-state index in [9.17, 15) is 4.79 Å². The molecule has 0 aromatic carbocycles. The number of rotatable bonds is 5. The second-order valence-electron chi connectivity index (χ2n) is 5.69. The molecule has 0 rings (SSSR count). The number of ketones is 1. The van der Waals surface area contributed by atoms with Gasteiger partial charge in [0, 0.05) is 5.41 Å². The summed E-state index contributed by atoms with van der Waals surface area (Å²) >= 11 is 0. The first-order chi connectivity index (χ1) is 6.63. The first-order valence-corrected chi connectivity index (χ1v) is 5.38. The average molecular weight is 216 g/mol. The van der Waals surface area contributed by atoms with Gasteiger partial charge in [0.1, 0.15) is 6.61 Å². The van der Waals surface area contributed by atoms with Crippen molar-refractivity contribution < 1.29 is 14.3 Å². The number of ether oxygens (including phenoxy) is 2. The van der Waals surface area contributed by atoms with Gasteiger partial charge in [-0.25, -0.2) is 0 Å². The van der Waals surface area contributed by atoms with Crippen LogP contribution < -0.4 is 0 Å². The van der Waals surface area contributed by atoms with Crippen molar-refractivity contribution in [1.29, 1.82) is 0 Å². The van der Waals surface area contributed by atoms with E-state index in [4.69, 9.17) is 9.47 Å². The van der Waals surface area contributed by atoms with Crippen LogP contribution in [0.2, 0.25) is 0 Å². The Balaban J connectivity index is 3.53. The number of carbonyl (C=O) groups excluding carboxylic acids is 1. The molecule has 0 atom stereocenters. The molecule has 0 aliphatic rings. The quantitative estimate of drug-likeness (QED) is 0.662. The number of carbonyl (C=O) groups is 1. The molecular weight excluding hydrogens is 192 g/mol. The maximum atomic E-state index is 11.5. The molecule has 3 heteroatoms. The first kappa shape index (κ1) is 14.6. The molecule has 0 saturated heterocycles. The van der Waals surface area contributed by atoms with Gasteiger partial charge in [0.05, 0.1) is 18.8 Å². The summed E-state index contributed by atoms with van der Waals surface area (Å²) in [5.41, 5.74) is -0.456. The van der Waals surface area contributed by atoms with E-state index in [1.807, 2.05) is 41.5 Å². The maximum Gasteiger partial charge on any atom is 0.163 e. The standard InChI is InChI=1S/C12H24O3/c1-11(2,3)10(13)9-14-7-8-15-12(4,5)6/h7-9H2,1-6H3. The summed E-state index contributed by atoms with van der Waals surface area (Å²) in [4.78, 5) is 11.5. The van der Waals surface area contributed by atoms with Crippen molar-refractivity contribution in [2.45, 2.75) is 47.1 Å². The van der Waals surface area contributed by atoms with Crippen LogP contribution in [0, 0.1) is 5.41 Å². The zero-order valence-electron chi connectivity index (χ0n) is 10.8. The van der Waals surface area contributed by atoms with Crippen molar-refractivity contribution in [2.75, 3.05) is 19.8 Å². The Morgan fingerprint density at radius 3 is 1.93 bits per heavy atom. The predicted octanol–water partition coefficient (Wildman–Crippen LogP) is 2.43. The van der Waals surface area contributed by atoms with Crippen LogP contribution in [0.3, 0.4) is 0 Å². The molecule has 0 aromatic rings. The highest BCUT2D eigenvalue weighted by molar-refractivity contribution is 5.84. The summed E-state index contributed by atoms with van der Waals surface area (Å²) in [6, 6.07) is 0. The second-order valence-corrected chi connectivity index (χ2v) is 5.69. The third kappa shape index (κ3) is 8.58. The summed E-state index contributed by atoms with van der Waals surface area (Å²) in [7, 11) is 0. The van der Waals surface area contributed by atoms with E-state index in [-0.39, 0.29) is 23.4 Å². The Bertz CT molecular complexity index is 196. The smallest absolute Gasteiger partial charge is 0.163 e. The van der Waals surface area contributed by atoms with Gasteiger partial charge >= 0.3 is 0 Å². The molecule has 0 fully saturated rings. The molecule has 0 aromatic heterocycles. The van der Waals surface area contributed by atoms with Gasteiger partial charge in [0.2, 0.25) is 0 Å². The number of Topliss-reactive ketones (excluding diaryl/α,β-unsaturated/α-hetero) is 1. The molecule has 0 amide bonds. The molecule has 0 aliphatic carbocycles. The molecular formula is C12H24O3. The molecule has 0 spiro atoms. The van der Waals surface area contributed by atoms with Crippen LogP contribution in [-0.2, 0) is 14.3 Å². The van der Waals surface area contributed by atoms with E-state index in [2.05, 4.69) is 0 Å². The van der Waals surface area contributed by atoms with Crippen LogP contribution in [0.5, 0.6) is 0 Å².